The van der Waals surface area contributed by atoms with Gasteiger partial charge in [0.2, 0.25) is 0 Å². The molecule has 1 N–H and O–H groups in total. The van der Waals surface area contributed by atoms with E-state index in [0.717, 1.165) is 5.56 Å². The maximum Gasteiger partial charge on any atom is 0.340 e. The van der Waals surface area contributed by atoms with Crippen LogP contribution in [0.4, 0.5) is 5.69 Å². The summed E-state index contributed by atoms with van der Waals surface area (Å²) in [4.78, 5) is 29.2. The van der Waals surface area contributed by atoms with Crippen molar-refractivity contribution in [2.75, 3.05) is 11.9 Å². The van der Waals surface area contributed by atoms with Gasteiger partial charge in [-0.15, -0.1) is 0 Å². The van der Waals surface area contributed by atoms with Crippen LogP contribution in [0.1, 0.15) is 28.5 Å². The lowest BCUT2D eigenvalue weighted by Gasteiger charge is -2.09. The lowest BCUT2D eigenvalue weighted by atomic mass is 10.1. The molecular formula is C23H19ClN2O3. The summed E-state index contributed by atoms with van der Waals surface area (Å²) in [6.45, 7) is 2.01. The summed E-state index contributed by atoms with van der Waals surface area (Å²) in [6.07, 6.45) is 3.30. The summed E-state index contributed by atoms with van der Waals surface area (Å²) in [5, 5.41) is 3.20. The van der Waals surface area contributed by atoms with E-state index in [2.05, 4.69) is 10.3 Å². The van der Waals surface area contributed by atoms with E-state index < -0.39 is 5.97 Å². The summed E-state index contributed by atoms with van der Waals surface area (Å²) in [7, 11) is 0. The summed E-state index contributed by atoms with van der Waals surface area (Å²) < 4.78 is 5.16. The zero-order valence-electron chi connectivity index (χ0n) is 15.8. The number of aromatic nitrogens is 1. The second-order valence-electron chi connectivity index (χ2n) is 6.05. The first-order valence-corrected chi connectivity index (χ1v) is 9.42. The Morgan fingerprint density at radius 1 is 1.07 bits per heavy atom. The Labute approximate surface area is 174 Å². The molecular weight excluding hydrogens is 388 g/mol. The van der Waals surface area contributed by atoms with Crippen LogP contribution in [0.5, 0.6) is 0 Å². The predicted octanol–water partition coefficient (Wildman–Crippen LogP) is 5.09. The third-order valence-electron chi connectivity index (χ3n) is 4.01. The number of pyridine rings is 1. The molecule has 0 saturated heterocycles. The minimum atomic E-state index is -0.461. The average molecular weight is 407 g/mol. The third-order valence-corrected chi connectivity index (χ3v) is 4.34. The van der Waals surface area contributed by atoms with Gasteiger partial charge in [0.1, 0.15) is 0 Å². The molecule has 1 amide bonds. The van der Waals surface area contributed by atoms with Crippen LogP contribution >= 0.6 is 11.6 Å². The molecule has 0 fully saturated rings. The number of rotatable bonds is 6. The number of carbonyl (C=O) groups excluding carboxylic acids is 2. The second kappa shape index (κ2) is 9.66. The maximum absolute atomic E-state index is 12.5. The highest BCUT2D eigenvalue weighted by atomic mass is 35.5. The van der Waals surface area contributed by atoms with Crippen molar-refractivity contribution in [3.8, 4) is 0 Å². The fourth-order valence-corrected chi connectivity index (χ4v) is 2.91. The standard InChI is InChI=1S/C23H19ClN2O3/c1-2-29-23(28)19(21-12-5-6-13-25-21)15-16-8-7-9-17(14-16)26-22(27)18-10-3-4-11-20(18)24/h3-15H,2H2,1H3,(H,26,27)/b19-15+. The smallest absolute Gasteiger partial charge is 0.340 e. The van der Waals surface area contributed by atoms with Crippen LogP contribution in [-0.2, 0) is 9.53 Å². The van der Waals surface area contributed by atoms with Gasteiger partial charge in [0.05, 0.1) is 28.5 Å². The number of anilines is 1. The van der Waals surface area contributed by atoms with E-state index in [9.17, 15) is 9.59 Å². The van der Waals surface area contributed by atoms with Crippen LogP contribution in [0.25, 0.3) is 11.6 Å². The molecule has 3 aromatic rings. The molecule has 0 aliphatic heterocycles. The van der Waals surface area contributed by atoms with Gasteiger partial charge in [-0.2, -0.15) is 0 Å². The number of nitrogens with zero attached hydrogens (tertiary/aromatic N) is 1. The van der Waals surface area contributed by atoms with Gasteiger partial charge in [-0.05, 0) is 55.0 Å². The van der Waals surface area contributed by atoms with Gasteiger partial charge in [-0.1, -0.05) is 41.9 Å². The molecule has 0 spiro atoms. The Balaban J connectivity index is 1.89. The first-order valence-electron chi connectivity index (χ1n) is 9.04. The number of amides is 1. The Morgan fingerprint density at radius 3 is 2.59 bits per heavy atom. The first kappa shape index (κ1) is 20.3. The summed E-state index contributed by atoms with van der Waals surface area (Å²) in [6, 6.07) is 19.3. The molecule has 6 heteroatoms. The van der Waals surface area contributed by atoms with Gasteiger partial charge < -0.3 is 10.1 Å². The van der Waals surface area contributed by atoms with E-state index >= 15 is 0 Å². The fraction of sp³-hybridized carbons (Fsp3) is 0.0870. The SMILES string of the molecule is CCOC(=O)/C(=C/c1cccc(NC(=O)c2ccccc2Cl)c1)c1ccccn1. The van der Waals surface area contributed by atoms with Crippen LogP contribution in [0.3, 0.4) is 0 Å². The molecule has 3 rings (SSSR count). The van der Waals surface area contributed by atoms with Crippen molar-refractivity contribution in [2.45, 2.75) is 6.92 Å². The molecule has 0 aliphatic carbocycles. The van der Waals surface area contributed by atoms with Gasteiger partial charge in [0.25, 0.3) is 5.91 Å². The highest BCUT2D eigenvalue weighted by Crippen LogP contribution is 2.22. The fourth-order valence-electron chi connectivity index (χ4n) is 2.69. The summed E-state index contributed by atoms with van der Waals surface area (Å²) >= 11 is 6.09. The highest BCUT2D eigenvalue weighted by molar-refractivity contribution is 6.34. The Kier molecular flexibility index (Phi) is 6.76. The molecule has 0 bridgehead atoms. The number of halogens is 1. The zero-order valence-corrected chi connectivity index (χ0v) is 16.5. The van der Waals surface area contributed by atoms with Gasteiger partial charge in [-0.25, -0.2) is 4.79 Å². The van der Waals surface area contributed by atoms with Crippen molar-refractivity contribution >= 4 is 40.8 Å². The molecule has 0 unspecified atom stereocenters. The van der Waals surface area contributed by atoms with Gasteiger partial charge in [0.15, 0.2) is 0 Å². The zero-order chi connectivity index (χ0) is 20.6. The third kappa shape index (κ3) is 5.30. The van der Waals surface area contributed by atoms with Crippen molar-refractivity contribution in [1.82, 2.24) is 4.98 Å². The molecule has 0 atom stereocenters. The van der Waals surface area contributed by atoms with Crippen LogP contribution in [0.2, 0.25) is 5.02 Å². The molecule has 5 nitrogen and oxygen atoms in total. The minimum absolute atomic E-state index is 0.261. The number of hydrogen-bond donors (Lipinski definition) is 1. The highest BCUT2D eigenvalue weighted by Gasteiger charge is 2.15. The summed E-state index contributed by atoms with van der Waals surface area (Å²) in [5.41, 5.74) is 2.53. The normalized spacial score (nSPS) is 11.0. The number of carbonyl (C=O) groups is 2. The van der Waals surface area contributed by atoms with Gasteiger partial charge in [-0.3, -0.25) is 9.78 Å². The number of benzene rings is 2. The lowest BCUT2D eigenvalue weighted by molar-refractivity contribution is -0.136. The lowest BCUT2D eigenvalue weighted by Crippen LogP contribution is -2.12. The molecule has 146 valence electrons. The molecule has 2 aromatic carbocycles. The van der Waals surface area contributed by atoms with Crippen molar-refractivity contribution in [1.29, 1.82) is 0 Å². The number of esters is 1. The van der Waals surface area contributed by atoms with Crippen LogP contribution in [-0.4, -0.2) is 23.5 Å². The maximum atomic E-state index is 12.5. The number of nitrogens with one attached hydrogen (secondary N) is 1. The topological polar surface area (TPSA) is 68.3 Å². The van der Waals surface area contributed by atoms with Crippen LogP contribution < -0.4 is 5.32 Å². The molecule has 1 heterocycles. The first-order chi connectivity index (χ1) is 14.1. The van der Waals surface area contributed by atoms with Gasteiger partial charge in [0, 0.05) is 11.9 Å². The Bertz CT molecular complexity index is 1050. The largest absolute Gasteiger partial charge is 0.462 e. The number of hydrogen-bond acceptors (Lipinski definition) is 4. The van der Waals surface area contributed by atoms with E-state index in [1.807, 2.05) is 6.07 Å². The molecule has 1 aromatic heterocycles. The molecule has 29 heavy (non-hydrogen) atoms. The van der Waals surface area contributed by atoms with Crippen molar-refractivity contribution in [3.63, 3.8) is 0 Å². The summed E-state index contributed by atoms with van der Waals surface area (Å²) in [5.74, 6) is -0.774. The van der Waals surface area contributed by atoms with E-state index in [1.165, 1.54) is 0 Å². The molecule has 0 radical (unpaired) electrons. The Morgan fingerprint density at radius 2 is 1.86 bits per heavy atom. The van der Waals surface area contributed by atoms with E-state index in [-0.39, 0.29) is 12.5 Å². The molecule has 0 aliphatic rings. The van der Waals surface area contributed by atoms with E-state index in [4.69, 9.17) is 16.3 Å². The number of ether oxygens (including phenoxy) is 1. The van der Waals surface area contributed by atoms with Crippen molar-refractivity contribution in [3.05, 3.63) is 94.8 Å². The second-order valence-corrected chi connectivity index (χ2v) is 6.46. The van der Waals surface area contributed by atoms with Crippen LogP contribution in [0.15, 0.2) is 72.9 Å². The predicted molar refractivity (Wildman–Crippen MR) is 115 cm³/mol. The van der Waals surface area contributed by atoms with E-state index in [0.29, 0.717) is 27.5 Å². The minimum Gasteiger partial charge on any atom is -0.462 e. The van der Waals surface area contributed by atoms with Crippen molar-refractivity contribution in [2.24, 2.45) is 0 Å². The van der Waals surface area contributed by atoms with Crippen LogP contribution in [0, 0.1) is 0 Å². The molecule has 0 saturated carbocycles. The van der Waals surface area contributed by atoms with Crippen molar-refractivity contribution < 1.29 is 14.3 Å². The van der Waals surface area contributed by atoms with E-state index in [1.54, 1.807) is 79.9 Å². The average Bonchev–Trinajstić information content (AvgIpc) is 2.73. The quantitative estimate of drug-likeness (QED) is 0.457. The monoisotopic (exact) mass is 406 g/mol. The Hall–Kier alpha value is -3.44. The van der Waals surface area contributed by atoms with Gasteiger partial charge >= 0.3 is 5.97 Å².